The van der Waals surface area contributed by atoms with E-state index in [0.717, 1.165) is 17.5 Å². The molecule has 5 heteroatoms. The molecule has 0 heterocycles. The predicted molar refractivity (Wildman–Crippen MR) is 93.9 cm³/mol. The highest BCUT2D eigenvalue weighted by Crippen LogP contribution is 2.24. The summed E-state index contributed by atoms with van der Waals surface area (Å²) < 4.78 is 18.7. The van der Waals surface area contributed by atoms with E-state index in [1.165, 1.54) is 18.2 Å². The summed E-state index contributed by atoms with van der Waals surface area (Å²) in [5.41, 5.74) is 7.96. The van der Waals surface area contributed by atoms with E-state index in [0.29, 0.717) is 18.0 Å². The summed E-state index contributed by atoms with van der Waals surface area (Å²) in [5, 5.41) is 2.76. The summed E-state index contributed by atoms with van der Waals surface area (Å²) in [6.45, 7) is 2.88. The van der Waals surface area contributed by atoms with Gasteiger partial charge in [0.1, 0.15) is 18.2 Å². The Kier molecular flexibility index (Phi) is 6.37. The van der Waals surface area contributed by atoms with E-state index in [1.807, 2.05) is 6.92 Å². The van der Waals surface area contributed by atoms with E-state index < -0.39 is 0 Å². The number of anilines is 1. The van der Waals surface area contributed by atoms with Gasteiger partial charge >= 0.3 is 0 Å². The third-order valence-corrected chi connectivity index (χ3v) is 3.29. The van der Waals surface area contributed by atoms with Crippen LogP contribution in [0.2, 0.25) is 0 Å². The molecule has 0 unspecified atom stereocenters. The van der Waals surface area contributed by atoms with Crippen LogP contribution in [0.15, 0.2) is 48.5 Å². The van der Waals surface area contributed by atoms with Crippen LogP contribution in [0.4, 0.5) is 10.1 Å². The number of halogens is 1. The number of ether oxygens (including phenoxy) is 1. The molecule has 4 nitrogen and oxygen atoms in total. The molecule has 0 bridgehead atoms. The quantitative estimate of drug-likeness (QED) is 0.604. The van der Waals surface area contributed by atoms with Gasteiger partial charge in [0.25, 0.3) is 0 Å². The van der Waals surface area contributed by atoms with Gasteiger partial charge in [-0.2, -0.15) is 0 Å². The van der Waals surface area contributed by atoms with E-state index in [-0.39, 0.29) is 18.3 Å². The van der Waals surface area contributed by atoms with E-state index >= 15 is 0 Å². The highest BCUT2D eigenvalue weighted by molar-refractivity contribution is 5.91. The van der Waals surface area contributed by atoms with Crippen molar-refractivity contribution >= 4 is 17.7 Å². The second-order valence-corrected chi connectivity index (χ2v) is 5.34. The van der Waals surface area contributed by atoms with Gasteiger partial charge in [-0.3, -0.25) is 4.79 Å². The zero-order valence-electron chi connectivity index (χ0n) is 13.6. The largest absolute Gasteiger partial charge is 0.487 e. The Balaban J connectivity index is 1.96. The molecule has 2 rings (SSSR count). The summed E-state index contributed by atoms with van der Waals surface area (Å²) in [5.74, 6) is 0.0830. The lowest BCUT2D eigenvalue weighted by Crippen LogP contribution is -2.21. The highest BCUT2D eigenvalue weighted by Gasteiger charge is 2.03. The molecule has 2 aromatic carbocycles. The van der Waals surface area contributed by atoms with Gasteiger partial charge in [0.15, 0.2) is 0 Å². The lowest BCUT2D eigenvalue weighted by atomic mass is 10.1. The number of benzene rings is 2. The van der Waals surface area contributed by atoms with Gasteiger partial charge in [-0.05, 0) is 47.9 Å². The molecule has 126 valence electrons. The second kappa shape index (κ2) is 8.72. The summed E-state index contributed by atoms with van der Waals surface area (Å²) >= 11 is 0. The summed E-state index contributed by atoms with van der Waals surface area (Å²) in [6, 6.07) is 11.5. The SMILES string of the molecule is CCCNC(=O)/C=C\c1ccc(OCc2cccc(F)c2)c(N)c1. The number of hydrogen-bond donors (Lipinski definition) is 2. The molecule has 24 heavy (non-hydrogen) atoms. The third kappa shape index (κ3) is 5.43. The molecule has 0 fully saturated rings. The van der Waals surface area contributed by atoms with Gasteiger partial charge in [0.05, 0.1) is 5.69 Å². The molecule has 0 aliphatic heterocycles. The second-order valence-electron chi connectivity index (χ2n) is 5.34. The normalized spacial score (nSPS) is 10.8. The average Bonchev–Trinajstić information content (AvgIpc) is 2.57. The van der Waals surface area contributed by atoms with Crippen LogP contribution in [0.5, 0.6) is 5.75 Å². The Morgan fingerprint density at radius 2 is 2.12 bits per heavy atom. The molecule has 0 radical (unpaired) electrons. The first-order chi connectivity index (χ1) is 11.6. The first kappa shape index (κ1) is 17.5. The number of nitrogen functional groups attached to an aromatic ring is 1. The van der Waals surface area contributed by atoms with Crippen molar-refractivity contribution in [3.63, 3.8) is 0 Å². The van der Waals surface area contributed by atoms with Gasteiger partial charge in [-0.25, -0.2) is 4.39 Å². The Bertz CT molecular complexity index is 729. The molecule has 3 N–H and O–H groups in total. The molecule has 0 aliphatic carbocycles. The number of nitrogens with one attached hydrogen (secondary N) is 1. The maximum atomic E-state index is 13.1. The molecule has 0 aliphatic rings. The minimum Gasteiger partial charge on any atom is -0.487 e. The van der Waals surface area contributed by atoms with E-state index in [1.54, 1.807) is 36.4 Å². The lowest BCUT2D eigenvalue weighted by molar-refractivity contribution is -0.116. The molecule has 0 saturated heterocycles. The number of rotatable bonds is 7. The van der Waals surface area contributed by atoms with Crippen LogP contribution in [0.3, 0.4) is 0 Å². The average molecular weight is 328 g/mol. The standard InChI is InChI=1S/C19H21FN2O2/c1-2-10-22-19(23)9-7-14-6-8-18(17(21)12-14)24-13-15-4-3-5-16(20)11-15/h3-9,11-12H,2,10,13,21H2,1H3,(H,22,23)/b9-7-. The van der Waals surface area contributed by atoms with Gasteiger partial charge in [-0.15, -0.1) is 0 Å². The van der Waals surface area contributed by atoms with Crippen LogP contribution in [0.1, 0.15) is 24.5 Å². The van der Waals surface area contributed by atoms with E-state index in [4.69, 9.17) is 10.5 Å². The van der Waals surface area contributed by atoms with Crippen molar-refractivity contribution < 1.29 is 13.9 Å². The minimum absolute atomic E-state index is 0.137. The third-order valence-electron chi connectivity index (χ3n) is 3.29. The predicted octanol–water partition coefficient (Wildman–Crippen LogP) is 3.53. The minimum atomic E-state index is -0.300. The molecule has 2 aromatic rings. The summed E-state index contributed by atoms with van der Waals surface area (Å²) in [4.78, 5) is 11.5. The van der Waals surface area contributed by atoms with Crippen LogP contribution in [-0.2, 0) is 11.4 Å². The van der Waals surface area contributed by atoms with Gasteiger partial charge in [0.2, 0.25) is 5.91 Å². The topological polar surface area (TPSA) is 64.3 Å². The first-order valence-electron chi connectivity index (χ1n) is 7.81. The van der Waals surface area contributed by atoms with Crippen molar-refractivity contribution in [2.45, 2.75) is 20.0 Å². The Morgan fingerprint density at radius 1 is 1.29 bits per heavy atom. The highest BCUT2D eigenvalue weighted by atomic mass is 19.1. The maximum absolute atomic E-state index is 13.1. The fourth-order valence-corrected chi connectivity index (χ4v) is 2.07. The summed E-state index contributed by atoms with van der Waals surface area (Å²) in [7, 11) is 0. The lowest BCUT2D eigenvalue weighted by Gasteiger charge is -2.09. The number of carbonyl (C=O) groups is 1. The zero-order chi connectivity index (χ0) is 17.4. The maximum Gasteiger partial charge on any atom is 0.243 e. The van der Waals surface area contributed by atoms with Crippen molar-refractivity contribution in [1.82, 2.24) is 5.32 Å². The van der Waals surface area contributed by atoms with E-state index in [2.05, 4.69) is 5.32 Å². The molecule has 0 saturated carbocycles. The van der Waals surface area contributed by atoms with Crippen LogP contribution >= 0.6 is 0 Å². The van der Waals surface area contributed by atoms with Crippen molar-refractivity contribution in [2.24, 2.45) is 0 Å². The van der Waals surface area contributed by atoms with Crippen molar-refractivity contribution in [2.75, 3.05) is 12.3 Å². The molecule has 0 spiro atoms. The Labute approximate surface area is 141 Å². The van der Waals surface area contributed by atoms with Gasteiger partial charge in [-0.1, -0.05) is 25.1 Å². The van der Waals surface area contributed by atoms with Crippen molar-refractivity contribution in [1.29, 1.82) is 0 Å². The molecule has 0 atom stereocenters. The number of nitrogens with two attached hydrogens (primary N) is 1. The van der Waals surface area contributed by atoms with Crippen molar-refractivity contribution in [3.8, 4) is 5.75 Å². The number of carbonyl (C=O) groups excluding carboxylic acids is 1. The fraction of sp³-hybridized carbons (Fsp3) is 0.211. The molecular weight excluding hydrogens is 307 g/mol. The van der Waals surface area contributed by atoms with Crippen LogP contribution in [-0.4, -0.2) is 12.5 Å². The van der Waals surface area contributed by atoms with Crippen LogP contribution < -0.4 is 15.8 Å². The Morgan fingerprint density at radius 3 is 2.83 bits per heavy atom. The molecular formula is C19H21FN2O2. The molecule has 1 amide bonds. The zero-order valence-corrected chi connectivity index (χ0v) is 13.6. The van der Waals surface area contributed by atoms with E-state index in [9.17, 15) is 9.18 Å². The van der Waals surface area contributed by atoms with Crippen LogP contribution in [0.25, 0.3) is 6.08 Å². The Hall–Kier alpha value is -2.82. The number of amides is 1. The van der Waals surface area contributed by atoms with Gasteiger partial charge in [0, 0.05) is 12.6 Å². The van der Waals surface area contributed by atoms with Gasteiger partial charge < -0.3 is 15.8 Å². The molecule has 0 aromatic heterocycles. The fourth-order valence-electron chi connectivity index (χ4n) is 2.07. The smallest absolute Gasteiger partial charge is 0.243 e. The first-order valence-corrected chi connectivity index (χ1v) is 7.81. The monoisotopic (exact) mass is 328 g/mol. The van der Waals surface area contributed by atoms with Crippen molar-refractivity contribution in [3.05, 3.63) is 65.5 Å². The number of hydrogen-bond acceptors (Lipinski definition) is 3. The van der Waals surface area contributed by atoms with Crippen LogP contribution in [0, 0.1) is 5.82 Å². The summed E-state index contributed by atoms with van der Waals surface area (Å²) in [6.07, 6.45) is 4.05.